The molecule has 1 saturated heterocycles. The molecule has 0 radical (unpaired) electrons. The number of alkyl halides is 3. The summed E-state index contributed by atoms with van der Waals surface area (Å²) in [7, 11) is 0. The van der Waals surface area contributed by atoms with E-state index in [2.05, 4.69) is 15.2 Å². The number of halogens is 3. The molecule has 0 amide bonds. The number of pyridine rings is 1. The Kier molecular flexibility index (Phi) is 4.06. The molecule has 6 heteroatoms. The number of rotatable bonds is 3. The number of piperidine rings is 1. The minimum Gasteiger partial charge on any atom is -0.355 e. The highest BCUT2D eigenvalue weighted by Gasteiger charge is 2.31. The van der Waals surface area contributed by atoms with Crippen LogP contribution < -0.4 is 10.2 Å². The molecule has 0 bridgehead atoms. The summed E-state index contributed by atoms with van der Waals surface area (Å²) in [4.78, 5) is 6.08. The van der Waals surface area contributed by atoms with Crippen LogP contribution in [0.5, 0.6) is 0 Å². The van der Waals surface area contributed by atoms with E-state index in [4.69, 9.17) is 0 Å². The smallest absolute Gasteiger partial charge is 0.355 e. The van der Waals surface area contributed by atoms with E-state index >= 15 is 0 Å². The zero-order valence-electron chi connectivity index (χ0n) is 11.9. The van der Waals surface area contributed by atoms with Gasteiger partial charge >= 0.3 is 6.18 Å². The molecule has 116 valence electrons. The van der Waals surface area contributed by atoms with Crippen molar-refractivity contribution >= 4 is 5.82 Å². The van der Waals surface area contributed by atoms with Crippen molar-refractivity contribution in [3.63, 3.8) is 0 Å². The molecule has 1 aromatic rings. The molecule has 1 atom stereocenters. The van der Waals surface area contributed by atoms with Crippen molar-refractivity contribution in [2.75, 3.05) is 18.0 Å². The Labute approximate surface area is 122 Å². The van der Waals surface area contributed by atoms with E-state index < -0.39 is 11.7 Å². The lowest BCUT2D eigenvalue weighted by Crippen LogP contribution is -2.51. The van der Waals surface area contributed by atoms with E-state index in [1.165, 1.54) is 25.3 Å². The van der Waals surface area contributed by atoms with Crippen LogP contribution in [0.2, 0.25) is 0 Å². The monoisotopic (exact) mass is 299 g/mol. The minimum absolute atomic E-state index is 0.424. The summed E-state index contributed by atoms with van der Waals surface area (Å²) in [5.41, 5.74) is -0.688. The molecule has 3 nitrogen and oxygen atoms in total. The van der Waals surface area contributed by atoms with E-state index in [9.17, 15) is 13.2 Å². The number of nitrogens with zero attached hydrogens (tertiary/aromatic N) is 2. The van der Waals surface area contributed by atoms with Crippen LogP contribution in [0.1, 0.15) is 37.7 Å². The summed E-state index contributed by atoms with van der Waals surface area (Å²) in [6.45, 7) is 1.69. The fraction of sp³-hybridized carbons (Fsp3) is 0.667. The second-order valence-electron chi connectivity index (χ2n) is 5.98. The van der Waals surface area contributed by atoms with Crippen molar-refractivity contribution < 1.29 is 13.2 Å². The fourth-order valence-electron chi connectivity index (χ4n) is 2.97. The highest BCUT2D eigenvalue weighted by Crippen LogP contribution is 2.30. The zero-order valence-corrected chi connectivity index (χ0v) is 11.9. The summed E-state index contributed by atoms with van der Waals surface area (Å²) in [6.07, 6.45) is 2.58. The van der Waals surface area contributed by atoms with Crippen LogP contribution in [0.4, 0.5) is 19.0 Å². The quantitative estimate of drug-likeness (QED) is 0.929. The van der Waals surface area contributed by atoms with Gasteiger partial charge in [0.15, 0.2) is 0 Å². The molecule has 0 spiro atoms. The first-order valence-corrected chi connectivity index (χ1v) is 7.56. The normalized spacial score (nSPS) is 24.0. The van der Waals surface area contributed by atoms with Crippen LogP contribution in [0.25, 0.3) is 0 Å². The topological polar surface area (TPSA) is 28.2 Å². The van der Waals surface area contributed by atoms with Crippen molar-refractivity contribution in [1.29, 1.82) is 0 Å². The molecule has 1 saturated carbocycles. The summed E-state index contributed by atoms with van der Waals surface area (Å²) in [6, 6.07) is 3.66. The van der Waals surface area contributed by atoms with E-state index in [1.807, 2.05) is 0 Å². The lowest BCUT2D eigenvalue weighted by Gasteiger charge is -2.38. The molecule has 2 aliphatic rings. The predicted molar refractivity (Wildman–Crippen MR) is 75.2 cm³/mol. The lowest BCUT2D eigenvalue weighted by atomic mass is 9.91. The van der Waals surface area contributed by atoms with Gasteiger partial charge in [-0.15, -0.1) is 0 Å². The molecule has 1 aromatic heterocycles. The summed E-state index contributed by atoms with van der Waals surface area (Å²) < 4.78 is 37.6. The number of hydrogen-bond donors (Lipinski definition) is 1. The molecular weight excluding hydrogens is 279 g/mol. The molecule has 2 fully saturated rings. The van der Waals surface area contributed by atoms with Gasteiger partial charge in [0.1, 0.15) is 5.82 Å². The molecule has 1 aliphatic carbocycles. The van der Waals surface area contributed by atoms with Gasteiger partial charge in [-0.1, -0.05) is 6.42 Å². The third-order valence-electron chi connectivity index (χ3n) is 4.40. The van der Waals surface area contributed by atoms with Gasteiger partial charge in [-0.05, 0) is 37.8 Å². The maximum atomic E-state index is 12.5. The molecule has 2 heterocycles. The number of hydrogen-bond acceptors (Lipinski definition) is 3. The van der Waals surface area contributed by atoms with Crippen LogP contribution in [-0.2, 0) is 6.18 Å². The number of aromatic nitrogens is 1. The Balaban J connectivity index is 1.62. The summed E-state index contributed by atoms with van der Waals surface area (Å²) in [5, 5.41) is 3.64. The summed E-state index contributed by atoms with van der Waals surface area (Å²) in [5.74, 6) is 0.642. The van der Waals surface area contributed by atoms with Gasteiger partial charge in [-0.2, -0.15) is 13.2 Å². The average molecular weight is 299 g/mol. The van der Waals surface area contributed by atoms with Gasteiger partial charge in [0.2, 0.25) is 0 Å². The van der Waals surface area contributed by atoms with Crippen LogP contribution in [0, 0.1) is 0 Å². The van der Waals surface area contributed by atoms with E-state index in [0.29, 0.717) is 17.9 Å². The van der Waals surface area contributed by atoms with Gasteiger partial charge in [-0.25, -0.2) is 4.98 Å². The summed E-state index contributed by atoms with van der Waals surface area (Å²) >= 11 is 0. The first kappa shape index (κ1) is 14.6. The molecular formula is C15H20F3N3. The fourth-order valence-corrected chi connectivity index (χ4v) is 2.97. The minimum atomic E-state index is -4.32. The SMILES string of the molecule is FC(F)(F)c1ccc(N2CCC[C@@H](NC3CCC3)C2)nc1. The van der Waals surface area contributed by atoms with E-state index in [1.54, 1.807) is 0 Å². The van der Waals surface area contributed by atoms with Crippen molar-refractivity contribution in [1.82, 2.24) is 10.3 Å². The maximum Gasteiger partial charge on any atom is 0.417 e. The van der Waals surface area contributed by atoms with Gasteiger partial charge in [-0.3, -0.25) is 0 Å². The Morgan fingerprint density at radius 2 is 1.86 bits per heavy atom. The van der Waals surface area contributed by atoms with Crippen molar-refractivity contribution in [3.05, 3.63) is 23.9 Å². The van der Waals surface area contributed by atoms with E-state index in [0.717, 1.165) is 38.2 Å². The van der Waals surface area contributed by atoms with Crippen molar-refractivity contribution in [3.8, 4) is 0 Å². The zero-order chi connectivity index (χ0) is 14.9. The maximum absolute atomic E-state index is 12.5. The Morgan fingerprint density at radius 3 is 2.43 bits per heavy atom. The molecule has 21 heavy (non-hydrogen) atoms. The van der Waals surface area contributed by atoms with E-state index in [-0.39, 0.29) is 0 Å². The third kappa shape index (κ3) is 3.48. The first-order valence-electron chi connectivity index (χ1n) is 7.56. The molecule has 1 aliphatic heterocycles. The van der Waals surface area contributed by atoms with Crippen LogP contribution >= 0.6 is 0 Å². The first-order chi connectivity index (χ1) is 10.0. The Hall–Kier alpha value is -1.30. The molecule has 0 unspecified atom stereocenters. The second-order valence-corrected chi connectivity index (χ2v) is 5.98. The number of anilines is 1. The van der Waals surface area contributed by atoms with Crippen molar-refractivity contribution in [2.24, 2.45) is 0 Å². The molecule has 3 rings (SSSR count). The lowest BCUT2D eigenvalue weighted by molar-refractivity contribution is -0.137. The average Bonchev–Trinajstić information content (AvgIpc) is 2.43. The number of nitrogens with one attached hydrogen (secondary N) is 1. The van der Waals surface area contributed by atoms with Crippen LogP contribution in [-0.4, -0.2) is 30.2 Å². The Bertz CT molecular complexity index is 468. The van der Waals surface area contributed by atoms with Gasteiger partial charge in [0.25, 0.3) is 0 Å². The predicted octanol–water partition coefficient (Wildman–Crippen LogP) is 3.21. The van der Waals surface area contributed by atoms with Crippen LogP contribution in [0.15, 0.2) is 18.3 Å². The largest absolute Gasteiger partial charge is 0.417 e. The van der Waals surface area contributed by atoms with Crippen LogP contribution in [0.3, 0.4) is 0 Å². The Morgan fingerprint density at radius 1 is 1.10 bits per heavy atom. The third-order valence-corrected chi connectivity index (χ3v) is 4.40. The van der Waals surface area contributed by atoms with Gasteiger partial charge < -0.3 is 10.2 Å². The van der Waals surface area contributed by atoms with Gasteiger partial charge in [0, 0.05) is 31.4 Å². The van der Waals surface area contributed by atoms with Gasteiger partial charge in [0.05, 0.1) is 5.56 Å². The second kappa shape index (κ2) is 5.83. The highest BCUT2D eigenvalue weighted by atomic mass is 19.4. The standard InChI is InChI=1S/C15H20F3N3/c16-15(17,18)11-6-7-14(19-9-11)21-8-2-5-13(10-21)20-12-3-1-4-12/h6-7,9,12-13,20H,1-5,8,10H2/t13-/m1/s1. The molecule has 1 N–H and O–H groups in total. The molecule has 0 aromatic carbocycles. The van der Waals surface area contributed by atoms with Crippen molar-refractivity contribution in [2.45, 2.75) is 50.4 Å². The highest BCUT2D eigenvalue weighted by molar-refractivity contribution is 5.40.